The molecule has 1 saturated heterocycles. The Morgan fingerprint density at radius 1 is 0.659 bits per heavy atom. The number of piperazine rings is 1. The third kappa shape index (κ3) is 5.26. The van der Waals surface area contributed by atoms with Crippen LogP contribution < -0.4 is 0 Å². The van der Waals surface area contributed by atoms with Crippen LogP contribution in [0.5, 0.6) is 0 Å². The lowest BCUT2D eigenvalue weighted by molar-refractivity contribution is 0.0272. The van der Waals surface area contributed by atoms with E-state index in [0.717, 1.165) is 31.6 Å². The van der Waals surface area contributed by atoms with Gasteiger partial charge in [0.05, 0.1) is 52.0 Å². The second kappa shape index (κ2) is 11.6. The number of benzene rings is 2. The lowest BCUT2D eigenvalue weighted by Crippen LogP contribution is -2.59. The van der Waals surface area contributed by atoms with Gasteiger partial charge in [0.25, 0.3) is 11.8 Å². The van der Waals surface area contributed by atoms with Crippen molar-refractivity contribution in [3.05, 3.63) is 105 Å². The van der Waals surface area contributed by atoms with E-state index >= 15 is 0 Å². The van der Waals surface area contributed by atoms with E-state index in [9.17, 15) is 9.59 Å². The molecule has 2 atom stereocenters. The summed E-state index contributed by atoms with van der Waals surface area (Å²) in [6, 6.07) is 26.2. The van der Waals surface area contributed by atoms with Gasteiger partial charge in [-0.2, -0.15) is 0 Å². The zero-order valence-electron chi connectivity index (χ0n) is 23.8. The average Bonchev–Trinajstić information content (AvgIpc) is 3.68. The van der Waals surface area contributed by atoms with Crippen LogP contribution in [0.1, 0.15) is 34.6 Å². The van der Waals surface area contributed by atoms with E-state index in [2.05, 4.69) is 0 Å². The van der Waals surface area contributed by atoms with Crippen molar-refractivity contribution in [2.45, 2.75) is 25.9 Å². The molecule has 5 heterocycles. The van der Waals surface area contributed by atoms with Gasteiger partial charge in [0, 0.05) is 35.9 Å². The number of nitrogens with zero attached hydrogens (tertiary/aromatic N) is 4. The number of thiophene rings is 2. The Hall–Kier alpha value is -3.82. The predicted molar refractivity (Wildman–Crippen MR) is 181 cm³/mol. The van der Waals surface area contributed by atoms with Crippen LogP contribution >= 0.6 is 45.9 Å². The zero-order valence-corrected chi connectivity index (χ0v) is 27.0. The number of hydrogen-bond donors (Lipinski definition) is 0. The van der Waals surface area contributed by atoms with E-state index < -0.39 is 0 Å². The molecule has 0 N–H and O–H groups in total. The summed E-state index contributed by atoms with van der Waals surface area (Å²) in [5.74, 6) is -0.157. The molecule has 6 aromatic rings. The van der Waals surface area contributed by atoms with Gasteiger partial charge in [0.2, 0.25) is 0 Å². The quantitative estimate of drug-likeness (QED) is 0.190. The van der Waals surface area contributed by atoms with Gasteiger partial charge in [0.1, 0.15) is 0 Å². The van der Waals surface area contributed by atoms with Crippen molar-refractivity contribution in [3.8, 4) is 21.1 Å². The van der Waals surface area contributed by atoms with Crippen LogP contribution in [0.3, 0.4) is 0 Å². The van der Waals surface area contributed by atoms with E-state index in [1.54, 1.807) is 0 Å². The smallest absolute Gasteiger partial charge is 0.254 e. The number of halogens is 2. The SMILES string of the molecule is C[C@@H]1CN(C(=O)c2cc(-c3ccc(Cl)s3)nc3ccccc23)[C@@H](C)CN1C(=O)c1cc(-c2ccc(Cl)s2)nc2ccccc12. The molecule has 0 aliphatic carbocycles. The van der Waals surface area contributed by atoms with E-state index in [1.807, 2.05) is 109 Å². The van der Waals surface area contributed by atoms with Crippen molar-refractivity contribution in [1.29, 1.82) is 0 Å². The zero-order chi connectivity index (χ0) is 30.5. The first-order valence-corrected chi connectivity index (χ1v) is 16.6. The predicted octanol–water partition coefficient (Wildman–Crippen LogP) is 8.92. The van der Waals surface area contributed by atoms with Crippen molar-refractivity contribution in [1.82, 2.24) is 19.8 Å². The monoisotopic (exact) mass is 656 g/mol. The number of para-hydroxylation sites is 2. The molecule has 2 aromatic carbocycles. The average molecular weight is 658 g/mol. The maximum absolute atomic E-state index is 14.2. The molecule has 0 bridgehead atoms. The molecular weight excluding hydrogens is 631 g/mol. The van der Waals surface area contributed by atoms with Crippen molar-refractivity contribution in [2.24, 2.45) is 0 Å². The minimum absolute atomic E-state index is 0.0785. The highest BCUT2D eigenvalue weighted by Gasteiger charge is 2.36. The van der Waals surface area contributed by atoms with Crippen LogP contribution in [0.25, 0.3) is 42.9 Å². The van der Waals surface area contributed by atoms with E-state index in [1.165, 1.54) is 22.7 Å². The number of fused-ring (bicyclic) bond motifs is 2. The lowest BCUT2D eigenvalue weighted by Gasteiger charge is -2.44. The second-order valence-corrected chi connectivity index (χ2v) is 14.4. The van der Waals surface area contributed by atoms with Crippen LogP contribution in [0.4, 0.5) is 0 Å². The number of carbonyl (C=O) groups is 2. The Kier molecular flexibility index (Phi) is 7.62. The van der Waals surface area contributed by atoms with Crippen LogP contribution in [0, 0.1) is 0 Å². The van der Waals surface area contributed by atoms with Gasteiger partial charge in [-0.25, -0.2) is 9.97 Å². The number of amides is 2. The number of pyridine rings is 2. The fourth-order valence-corrected chi connectivity index (χ4v) is 7.87. The summed E-state index contributed by atoms with van der Waals surface area (Å²) in [7, 11) is 0. The van der Waals surface area contributed by atoms with Gasteiger partial charge in [-0.15, -0.1) is 22.7 Å². The Labute approximate surface area is 272 Å². The van der Waals surface area contributed by atoms with Gasteiger partial charge in [-0.3, -0.25) is 9.59 Å². The maximum Gasteiger partial charge on any atom is 0.254 e. The summed E-state index contributed by atoms with van der Waals surface area (Å²) in [6.45, 7) is 4.80. The molecule has 1 fully saturated rings. The first-order valence-electron chi connectivity index (χ1n) is 14.2. The summed E-state index contributed by atoms with van der Waals surface area (Å²) in [5, 5.41) is 1.60. The Morgan fingerprint density at radius 2 is 1.07 bits per heavy atom. The maximum atomic E-state index is 14.2. The molecule has 4 aromatic heterocycles. The Bertz CT molecular complexity index is 1930. The summed E-state index contributed by atoms with van der Waals surface area (Å²) in [5.41, 5.74) is 4.11. The number of rotatable bonds is 4. The minimum atomic E-state index is -0.210. The molecule has 0 radical (unpaired) electrons. The number of aromatic nitrogens is 2. The van der Waals surface area contributed by atoms with Gasteiger partial charge in [-0.05, 0) is 62.4 Å². The van der Waals surface area contributed by atoms with Crippen LogP contribution in [0.2, 0.25) is 8.67 Å². The minimum Gasteiger partial charge on any atom is -0.332 e. The molecule has 0 unspecified atom stereocenters. The first-order chi connectivity index (χ1) is 21.3. The Balaban J connectivity index is 1.21. The molecule has 2 amide bonds. The molecule has 10 heteroatoms. The molecule has 1 aliphatic rings. The summed E-state index contributed by atoms with van der Waals surface area (Å²) in [4.78, 5) is 43.7. The van der Waals surface area contributed by atoms with Crippen LogP contribution in [-0.4, -0.2) is 56.8 Å². The van der Waals surface area contributed by atoms with Crippen LogP contribution in [0.15, 0.2) is 84.9 Å². The second-order valence-electron chi connectivity index (χ2n) is 11.0. The van der Waals surface area contributed by atoms with Crippen molar-refractivity contribution >= 4 is 79.5 Å². The molecule has 6 nitrogen and oxygen atoms in total. The van der Waals surface area contributed by atoms with Gasteiger partial charge in [0.15, 0.2) is 0 Å². The molecular formula is C34H26Cl2N4O2S2. The third-order valence-corrected chi connectivity index (χ3v) is 10.6. The normalized spacial score (nSPS) is 17.0. The lowest BCUT2D eigenvalue weighted by atomic mass is 10.0. The summed E-state index contributed by atoms with van der Waals surface area (Å²) < 4.78 is 1.33. The third-order valence-electron chi connectivity index (χ3n) is 8.05. The van der Waals surface area contributed by atoms with Crippen molar-refractivity contribution in [3.63, 3.8) is 0 Å². The van der Waals surface area contributed by atoms with Gasteiger partial charge >= 0.3 is 0 Å². The molecule has 0 spiro atoms. The van der Waals surface area contributed by atoms with E-state index in [0.29, 0.717) is 44.3 Å². The van der Waals surface area contributed by atoms with E-state index in [4.69, 9.17) is 33.2 Å². The highest BCUT2D eigenvalue weighted by atomic mass is 35.5. The molecule has 220 valence electrons. The highest BCUT2D eigenvalue weighted by molar-refractivity contribution is 7.19. The van der Waals surface area contributed by atoms with Crippen molar-refractivity contribution < 1.29 is 9.59 Å². The molecule has 7 rings (SSSR count). The number of hydrogen-bond acceptors (Lipinski definition) is 6. The Morgan fingerprint density at radius 3 is 1.45 bits per heavy atom. The topological polar surface area (TPSA) is 66.4 Å². The molecule has 44 heavy (non-hydrogen) atoms. The summed E-state index contributed by atoms with van der Waals surface area (Å²) in [6.07, 6.45) is 0. The number of carbonyl (C=O) groups excluding carboxylic acids is 2. The van der Waals surface area contributed by atoms with Gasteiger partial charge in [-0.1, -0.05) is 59.6 Å². The van der Waals surface area contributed by atoms with Crippen LogP contribution in [-0.2, 0) is 0 Å². The van der Waals surface area contributed by atoms with E-state index in [-0.39, 0.29) is 23.9 Å². The molecule has 0 saturated carbocycles. The molecule has 1 aliphatic heterocycles. The highest BCUT2D eigenvalue weighted by Crippen LogP contribution is 2.35. The standard InChI is InChI=1S/C34H26Cl2N4O2S2/c1-19-17-40(34(42)24-16-28(30-12-14-32(36)44-30)38-26-10-6-4-8-22(24)26)20(2)18-39(19)33(41)23-15-27(29-11-13-31(35)43-29)37-25-9-5-3-7-21(23)25/h3-16,19-20H,17-18H2,1-2H3/t19-,20+. The first kappa shape index (κ1) is 28.9. The largest absolute Gasteiger partial charge is 0.332 e. The summed E-state index contributed by atoms with van der Waals surface area (Å²) >= 11 is 15.3. The van der Waals surface area contributed by atoms with Gasteiger partial charge < -0.3 is 9.80 Å². The fourth-order valence-electron chi connectivity index (χ4n) is 5.86. The van der Waals surface area contributed by atoms with Crippen molar-refractivity contribution in [2.75, 3.05) is 13.1 Å². The fraction of sp³-hybridized carbons (Fsp3) is 0.176.